The van der Waals surface area contributed by atoms with Crippen LogP contribution in [0.15, 0.2) is 70.7 Å². The number of benzene rings is 3. The van der Waals surface area contributed by atoms with E-state index in [4.69, 9.17) is 25.8 Å². The summed E-state index contributed by atoms with van der Waals surface area (Å²) in [4.78, 5) is 51.4. The van der Waals surface area contributed by atoms with Crippen LogP contribution in [-0.4, -0.2) is 44.6 Å². The number of urea groups is 1. The molecule has 1 saturated heterocycles. The van der Waals surface area contributed by atoms with Crippen LogP contribution in [0.3, 0.4) is 0 Å². The van der Waals surface area contributed by atoms with Crippen molar-refractivity contribution in [1.29, 1.82) is 0 Å². The van der Waals surface area contributed by atoms with Crippen molar-refractivity contribution in [3.63, 3.8) is 0 Å². The molecule has 0 aliphatic carbocycles. The van der Waals surface area contributed by atoms with Crippen molar-refractivity contribution in [2.75, 3.05) is 31.0 Å². The van der Waals surface area contributed by atoms with Gasteiger partial charge in [-0.25, -0.2) is 9.69 Å². The lowest BCUT2D eigenvalue weighted by Gasteiger charge is -2.26. The summed E-state index contributed by atoms with van der Waals surface area (Å²) in [6.45, 7) is -0.389. The summed E-state index contributed by atoms with van der Waals surface area (Å²) in [5.41, 5.74) is 0.788. The van der Waals surface area contributed by atoms with Crippen molar-refractivity contribution in [2.45, 2.75) is 0 Å². The van der Waals surface area contributed by atoms with Crippen molar-refractivity contribution in [2.24, 2.45) is 0 Å². The molecule has 1 aliphatic heterocycles. The fraction of sp³-hybridized carbons (Fsp3) is 0.111. The Bertz CT molecular complexity index is 1490. The quantitative estimate of drug-likeness (QED) is 0.276. The molecule has 2 N–H and O–H groups in total. The number of methoxy groups -OCH3 is 2. The largest absolute Gasteiger partial charge is 0.495 e. The highest BCUT2D eigenvalue weighted by molar-refractivity contribution is 9.10. The maximum atomic E-state index is 13.1. The monoisotopic (exact) mass is 613 g/mol. The van der Waals surface area contributed by atoms with E-state index in [-0.39, 0.29) is 34.4 Å². The summed E-state index contributed by atoms with van der Waals surface area (Å²) < 4.78 is 17.0. The lowest BCUT2D eigenvalue weighted by molar-refractivity contribution is -0.122. The van der Waals surface area contributed by atoms with Gasteiger partial charge in [-0.1, -0.05) is 39.7 Å². The Kier molecular flexibility index (Phi) is 8.52. The Hall–Kier alpha value is -4.35. The Morgan fingerprint density at radius 2 is 1.72 bits per heavy atom. The van der Waals surface area contributed by atoms with Gasteiger partial charge in [0, 0.05) is 4.47 Å². The molecule has 1 fully saturated rings. The Labute approximate surface area is 236 Å². The zero-order valence-corrected chi connectivity index (χ0v) is 23.0. The highest BCUT2D eigenvalue weighted by atomic mass is 79.9. The predicted molar refractivity (Wildman–Crippen MR) is 148 cm³/mol. The number of amides is 5. The molecule has 39 heavy (non-hydrogen) atoms. The summed E-state index contributed by atoms with van der Waals surface area (Å²) in [6.07, 6.45) is 1.28. The van der Waals surface area contributed by atoms with Crippen LogP contribution in [0, 0.1) is 0 Å². The van der Waals surface area contributed by atoms with Crippen molar-refractivity contribution >= 4 is 68.7 Å². The summed E-state index contributed by atoms with van der Waals surface area (Å²) in [7, 11) is 2.86. The first-order chi connectivity index (χ1) is 18.7. The number of anilines is 2. The van der Waals surface area contributed by atoms with E-state index in [9.17, 15) is 19.2 Å². The molecule has 10 nitrogen and oxygen atoms in total. The topological polar surface area (TPSA) is 123 Å². The highest BCUT2D eigenvalue weighted by Crippen LogP contribution is 2.37. The maximum Gasteiger partial charge on any atom is 0.335 e. The molecule has 1 aliphatic rings. The van der Waals surface area contributed by atoms with Gasteiger partial charge in [0.05, 0.1) is 30.6 Å². The SMILES string of the molecule is COc1ccccc1NC(=O)COc1c(Cl)cc(/C=C2\C(=O)NC(=O)N(c3ccc(Br)cc3)C2=O)cc1OC. The van der Waals surface area contributed by atoms with E-state index in [2.05, 4.69) is 26.6 Å². The number of nitrogens with one attached hydrogen (secondary N) is 2. The van der Waals surface area contributed by atoms with Crippen molar-refractivity contribution in [3.05, 3.63) is 81.3 Å². The van der Waals surface area contributed by atoms with Gasteiger partial charge < -0.3 is 19.5 Å². The number of halogens is 2. The first-order valence-corrected chi connectivity index (χ1v) is 12.5. The van der Waals surface area contributed by atoms with E-state index in [1.165, 1.54) is 32.4 Å². The first-order valence-electron chi connectivity index (χ1n) is 11.3. The maximum absolute atomic E-state index is 13.1. The van der Waals surface area contributed by atoms with Gasteiger partial charge in [0.25, 0.3) is 17.7 Å². The molecular formula is C27H21BrClN3O7. The zero-order chi connectivity index (χ0) is 28.1. The number of carbonyl (C=O) groups excluding carboxylic acids is 4. The van der Waals surface area contributed by atoms with E-state index >= 15 is 0 Å². The van der Waals surface area contributed by atoms with Crippen molar-refractivity contribution < 1.29 is 33.4 Å². The minimum absolute atomic E-state index is 0.0656. The number of rotatable bonds is 8. The van der Waals surface area contributed by atoms with Gasteiger partial charge in [-0.3, -0.25) is 19.7 Å². The van der Waals surface area contributed by atoms with Crippen LogP contribution in [0.4, 0.5) is 16.2 Å². The Morgan fingerprint density at radius 1 is 1.03 bits per heavy atom. The third-order valence-corrected chi connectivity index (χ3v) is 6.29. The summed E-state index contributed by atoms with van der Waals surface area (Å²) in [6, 6.07) is 15.4. The van der Waals surface area contributed by atoms with Gasteiger partial charge in [0.2, 0.25) is 0 Å². The van der Waals surface area contributed by atoms with E-state index in [1.54, 1.807) is 48.5 Å². The van der Waals surface area contributed by atoms with Crippen LogP contribution >= 0.6 is 27.5 Å². The molecule has 0 radical (unpaired) electrons. The molecule has 0 unspecified atom stereocenters. The predicted octanol–water partition coefficient (Wildman–Crippen LogP) is 4.80. The van der Waals surface area contributed by atoms with Crippen LogP contribution < -0.4 is 29.7 Å². The van der Waals surface area contributed by atoms with Crippen LogP contribution in [0.2, 0.25) is 5.02 Å². The summed E-state index contributed by atoms with van der Waals surface area (Å²) in [5.74, 6) is -1.41. The Morgan fingerprint density at radius 3 is 2.41 bits per heavy atom. The number of para-hydroxylation sites is 2. The van der Waals surface area contributed by atoms with E-state index < -0.39 is 23.8 Å². The van der Waals surface area contributed by atoms with Gasteiger partial charge in [0.1, 0.15) is 11.3 Å². The third kappa shape index (κ3) is 6.21. The van der Waals surface area contributed by atoms with Crippen LogP contribution in [0.25, 0.3) is 6.08 Å². The lowest BCUT2D eigenvalue weighted by Crippen LogP contribution is -2.54. The van der Waals surface area contributed by atoms with Gasteiger partial charge in [-0.15, -0.1) is 0 Å². The van der Waals surface area contributed by atoms with Crippen molar-refractivity contribution in [3.8, 4) is 17.2 Å². The molecule has 0 spiro atoms. The Balaban J connectivity index is 1.55. The number of hydrogen-bond acceptors (Lipinski definition) is 7. The van der Waals surface area contributed by atoms with E-state index in [0.717, 1.165) is 9.37 Å². The second-order valence-electron chi connectivity index (χ2n) is 8.01. The number of ether oxygens (including phenoxy) is 3. The zero-order valence-electron chi connectivity index (χ0n) is 20.6. The van der Waals surface area contributed by atoms with Crippen molar-refractivity contribution in [1.82, 2.24) is 5.32 Å². The number of nitrogens with zero attached hydrogens (tertiary/aromatic N) is 1. The average molecular weight is 615 g/mol. The van der Waals surface area contributed by atoms with Gasteiger partial charge in [0.15, 0.2) is 18.1 Å². The molecule has 5 amide bonds. The molecule has 3 aromatic carbocycles. The molecule has 1 heterocycles. The molecule has 0 bridgehead atoms. The number of barbiturate groups is 1. The molecule has 0 atom stereocenters. The molecule has 0 saturated carbocycles. The van der Waals surface area contributed by atoms with E-state index in [0.29, 0.717) is 17.0 Å². The van der Waals surface area contributed by atoms with E-state index in [1.807, 2.05) is 0 Å². The van der Waals surface area contributed by atoms with Crippen LogP contribution in [0.1, 0.15) is 5.56 Å². The third-order valence-electron chi connectivity index (χ3n) is 5.48. The normalized spacial score (nSPS) is 14.2. The molecule has 0 aromatic heterocycles. The van der Waals surface area contributed by atoms with Crippen LogP contribution in [0.5, 0.6) is 17.2 Å². The lowest BCUT2D eigenvalue weighted by atomic mass is 10.1. The number of carbonyl (C=O) groups is 4. The fourth-order valence-electron chi connectivity index (χ4n) is 3.68. The molecule has 3 aromatic rings. The molecule has 12 heteroatoms. The van der Waals surface area contributed by atoms with Gasteiger partial charge in [-0.05, 0) is 60.2 Å². The summed E-state index contributed by atoms with van der Waals surface area (Å²) in [5, 5.41) is 4.92. The van der Waals surface area contributed by atoms with Gasteiger partial charge in [-0.2, -0.15) is 0 Å². The average Bonchev–Trinajstić information content (AvgIpc) is 2.91. The number of hydrogen-bond donors (Lipinski definition) is 2. The molecular weight excluding hydrogens is 594 g/mol. The second-order valence-corrected chi connectivity index (χ2v) is 9.33. The van der Waals surface area contributed by atoms with Crippen LogP contribution in [-0.2, 0) is 14.4 Å². The summed E-state index contributed by atoms with van der Waals surface area (Å²) >= 11 is 9.72. The first kappa shape index (κ1) is 27.7. The standard InChI is InChI=1S/C27H21BrClN3O7/c1-37-21-6-4-3-5-20(21)30-23(33)14-39-24-19(29)12-15(13-22(24)38-2)11-18-25(34)31-27(36)32(26(18)35)17-9-7-16(28)8-10-17/h3-13H,14H2,1-2H3,(H,30,33)(H,31,34,36)/b18-11+. The minimum atomic E-state index is -0.866. The smallest absolute Gasteiger partial charge is 0.335 e. The highest BCUT2D eigenvalue weighted by Gasteiger charge is 2.36. The number of imide groups is 2. The molecule has 4 rings (SSSR count). The van der Waals surface area contributed by atoms with Gasteiger partial charge >= 0.3 is 6.03 Å². The second kappa shape index (κ2) is 12.0. The molecule has 200 valence electrons. The minimum Gasteiger partial charge on any atom is -0.495 e. The fourth-order valence-corrected chi connectivity index (χ4v) is 4.22.